The molecule has 3 N–H and O–H groups in total. The second-order valence-corrected chi connectivity index (χ2v) is 3.72. The molecule has 6 nitrogen and oxygen atoms in total. The van der Waals surface area contributed by atoms with Gasteiger partial charge in [0.05, 0.1) is 11.9 Å². The molecule has 88 valence electrons. The van der Waals surface area contributed by atoms with Gasteiger partial charge in [-0.25, -0.2) is 9.97 Å². The number of nitrogens with zero attached hydrogens (tertiary/aromatic N) is 4. The van der Waals surface area contributed by atoms with Crippen LogP contribution in [0.3, 0.4) is 0 Å². The van der Waals surface area contributed by atoms with E-state index in [0.29, 0.717) is 17.3 Å². The third-order valence-electron chi connectivity index (χ3n) is 2.46. The summed E-state index contributed by atoms with van der Waals surface area (Å²) in [5, 5.41) is 10.2. The molecule has 0 radical (unpaired) electrons. The largest absolute Gasteiger partial charge is 0.384 e. The molecule has 18 heavy (non-hydrogen) atoms. The van der Waals surface area contributed by atoms with Gasteiger partial charge in [0.1, 0.15) is 11.5 Å². The molecule has 0 aliphatic heterocycles. The number of hydrogen-bond acceptors (Lipinski definition) is 5. The van der Waals surface area contributed by atoms with Crippen LogP contribution in [0.4, 0.5) is 5.82 Å². The molecule has 0 saturated carbocycles. The highest BCUT2D eigenvalue weighted by molar-refractivity contribution is 5.65. The summed E-state index contributed by atoms with van der Waals surface area (Å²) in [6.07, 6.45) is 1.56. The lowest BCUT2D eigenvalue weighted by molar-refractivity contribution is 0.938. The van der Waals surface area contributed by atoms with Crippen LogP contribution in [0.2, 0.25) is 0 Å². The van der Waals surface area contributed by atoms with Gasteiger partial charge in [-0.15, -0.1) is 0 Å². The lowest BCUT2D eigenvalue weighted by Gasteiger charge is -2.03. The van der Waals surface area contributed by atoms with Gasteiger partial charge < -0.3 is 5.73 Å². The third-order valence-corrected chi connectivity index (χ3v) is 2.46. The number of H-pyrrole nitrogens is 1. The third kappa shape index (κ3) is 1.91. The predicted molar refractivity (Wildman–Crippen MR) is 67.3 cm³/mol. The van der Waals surface area contributed by atoms with E-state index < -0.39 is 0 Å². The van der Waals surface area contributed by atoms with Gasteiger partial charge in [0.25, 0.3) is 0 Å². The molecular formula is C12H10N6. The highest BCUT2D eigenvalue weighted by atomic mass is 15.3. The van der Waals surface area contributed by atoms with Gasteiger partial charge in [0.15, 0.2) is 5.82 Å². The summed E-state index contributed by atoms with van der Waals surface area (Å²) in [4.78, 5) is 8.58. The minimum Gasteiger partial charge on any atom is -0.384 e. The molecule has 0 fully saturated rings. The van der Waals surface area contributed by atoms with Crippen LogP contribution in [-0.4, -0.2) is 25.4 Å². The van der Waals surface area contributed by atoms with Crippen molar-refractivity contribution in [1.29, 1.82) is 0 Å². The lowest BCUT2D eigenvalue weighted by atomic mass is 10.1. The van der Waals surface area contributed by atoms with Gasteiger partial charge in [-0.2, -0.15) is 15.4 Å². The number of nitrogens with one attached hydrogen (secondary N) is 1. The molecule has 0 saturated heterocycles. The van der Waals surface area contributed by atoms with E-state index in [4.69, 9.17) is 5.73 Å². The summed E-state index contributed by atoms with van der Waals surface area (Å²) < 4.78 is 0. The molecule has 2 aromatic heterocycles. The van der Waals surface area contributed by atoms with Gasteiger partial charge in [0, 0.05) is 11.6 Å². The van der Waals surface area contributed by atoms with E-state index in [1.54, 1.807) is 12.3 Å². The van der Waals surface area contributed by atoms with Gasteiger partial charge in [-0.05, 0) is 0 Å². The first kappa shape index (κ1) is 10.4. The molecule has 2 heterocycles. The number of nitrogens with two attached hydrogens (primary N) is 1. The monoisotopic (exact) mass is 238 g/mol. The number of aromatic nitrogens is 5. The number of rotatable bonds is 2. The van der Waals surface area contributed by atoms with Crippen molar-refractivity contribution in [2.75, 3.05) is 5.73 Å². The van der Waals surface area contributed by atoms with Crippen molar-refractivity contribution >= 4 is 5.82 Å². The van der Waals surface area contributed by atoms with Crippen LogP contribution in [0.1, 0.15) is 0 Å². The van der Waals surface area contributed by atoms with E-state index in [0.717, 1.165) is 11.3 Å². The van der Waals surface area contributed by atoms with Crippen molar-refractivity contribution in [3.05, 3.63) is 42.6 Å². The zero-order valence-electron chi connectivity index (χ0n) is 9.41. The van der Waals surface area contributed by atoms with Crippen LogP contribution < -0.4 is 5.73 Å². The maximum absolute atomic E-state index is 5.79. The minimum absolute atomic E-state index is 0.404. The second kappa shape index (κ2) is 4.25. The van der Waals surface area contributed by atoms with Crippen LogP contribution in [0.5, 0.6) is 0 Å². The fourth-order valence-corrected chi connectivity index (χ4v) is 1.65. The van der Waals surface area contributed by atoms with E-state index in [9.17, 15) is 0 Å². The van der Waals surface area contributed by atoms with E-state index in [1.165, 1.54) is 0 Å². The number of benzene rings is 1. The van der Waals surface area contributed by atoms with Crippen molar-refractivity contribution < 1.29 is 0 Å². The molecule has 1 aromatic carbocycles. The predicted octanol–water partition coefficient (Wildman–Crippen LogP) is 1.51. The number of nitrogen functional groups attached to an aromatic ring is 1. The Morgan fingerprint density at radius 3 is 2.56 bits per heavy atom. The molecule has 0 bridgehead atoms. The van der Waals surface area contributed by atoms with Crippen molar-refractivity contribution in [3.63, 3.8) is 0 Å². The molecule has 3 aromatic rings. The Kier molecular flexibility index (Phi) is 2.45. The van der Waals surface area contributed by atoms with E-state index >= 15 is 0 Å². The van der Waals surface area contributed by atoms with Gasteiger partial charge in [0.2, 0.25) is 0 Å². The quantitative estimate of drug-likeness (QED) is 0.705. The van der Waals surface area contributed by atoms with Crippen molar-refractivity contribution in [2.45, 2.75) is 0 Å². The maximum Gasteiger partial charge on any atom is 0.184 e. The molecule has 3 rings (SSSR count). The van der Waals surface area contributed by atoms with E-state index in [1.807, 2.05) is 30.3 Å². The Morgan fingerprint density at radius 1 is 1.00 bits per heavy atom. The minimum atomic E-state index is 0.404. The average molecular weight is 238 g/mol. The summed E-state index contributed by atoms with van der Waals surface area (Å²) in [5.74, 6) is 0.865. The van der Waals surface area contributed by atoms with Crippen LogP contribution in [0.25, 0.3) is 22.8 Å². The summed E-state index contributed by atoms with van der Waals surface area (Å²) in [6, 6.07) is 11.5. The zero-order chi connectivity index (χ0) is 12.4. The molecule has 0 unspecified atom stereocenters. The number of hydrogen-bond donors (Lipinski definition) is 2. The summed E-state index contributed by atoms with van der Waals surface area (Å²) in [7, 11) is 0. The lowest BCUT2D eigenvalue weighted by Crippen LogP contribution is -1.98. The molecule has 0 aliphatic carbocycles. The van der Waals surface area contributed by atoms with Crippen molar-refractivity contribution in [2.24, 2.45) is 0 Å². The normalized spacial score (nSPS) is 10.4. The fourth-order valence-electron chi connectivity index (χ4n) is 1.65. The Hall–Kier alpha value is -2.76. The zero-order valence-corrected chi connectivity index (χ0v) is 9.41. The fraction of sp³-hybridized carbons (Fsp3) is 0. The Balaban J connectivity index is 2.12. The van der Waals surface area contributed by atoms with Crippen molar-refractivity contribution in [3.8, 4) is 22.8 Å². The summed E-state index contributed by atoms with van der Waals surface area (Å²) in [5.41, 5.74) is 8.11. The molecule has 0 spiro atoms. The Labute approximate surface area is 103 Å². The van der Waals surface area contributed by atoms with E-state index in [-0.39, 0.29) is 0 Å². The van der Waals surface area contributed by atoms with Crippen LogP contribution in [-0.2, 0) is 0 Å². The number of anilines is 1. The molecular weight excluding hydrogens is 228 g/mol. The van der Waals surface area contributed by atoms with Gasteiger partial charge >= 0.3 is 0 Å². The second-order valence-electron chi connectivity index (χ2n) is 3.72. The summed E-state index contributed by atoms with van der Waals surface area (Å²) >= 11 is 0. The Bertz CT molecular complexity index is 648. The van der Waals surface area contributed by atoms with Crippen LogP contribution in [0, 0.1) is 0 Å². The topological polar surface area (TPSA) is 93.4 Å². The molecule has 0 aliphatic rings. The molecule has 0 amide bonds. The number of aromatic amines is 1. The summed E-state index contributed by atoms with van der Waals surface area (Å²) in [6.45, 7) is 0. The Morgan fingerprint density at radius 2 is 1.83 bits per heavy atom. The molecule has 0 atom stereocenters. The average Bonchev–Trinajstić information content (AvgIpc) is 2.93. The van der Waals surface area contributed by atoms with Crippen LogP contribution in [0.15, 0.2) is 42.6 Å². The van der Waals surface area contributed by atoms with Crippen LogP contribution >= 0.6 is 0 Å². The van der Waals surface area contributed by atoms with Crippen molar-refractivity contribution in [1.82, 2.24) is 25.4 Å². The maximum atomic E-state index is 5.79. The van der Waals surface area contributed by atoms with E-state index in [2.05, 4.69) is 25.4 Å². The highest BCUT2D eigenvalue weighted by Crippen LogP contribution is 2.21. The standard InChI is InChI=1S/C12H10N6/c13-11-6-9(8-4-2-1-3-5-8)15-12(16-11)10-7-14-18-17-10/h1-7H,(H2,13,15,16)(H,14,17,18). The van der Waals surface area contributed by atoms with Gasteiger partial charge in [-0.1, -0.05) is 30.3 Å². The first-order valence-corrected chi connectivity index (χ1v) is 5.39. The SMILES string of the molecule is Nc1cc(-c2ccccc2)nc(-c2cn[nH]n2)n1. The highest BCUT2D eigenvalue weighted by Gasteiger charge is 2.08. The molecule has 6 heteroatoms. The van der Waals surface area contributed by atoms with Gasteiger partial charge in [-0.3, -0.25) is 0 Å². The smallest absolute Gasteiger partial charge is 0.184 e. The first-order chi connectivity index (χ1) is 8.83. The first-order valence-electron chi connectivity index (χ1n) is 5.39.